The van der Waals surface area contributed by atoms with E-state index >= 15 is 0 Å². The molecule has 162 valence electrons. The Labute approximate surface area is 184 Å². The summed E-state index contributed by atoms with van der Waals surface area (Å²) in [6.07, 6.45) is 1.43. The van der Waals surface area contributed by atoms with Crippen LogP contribution in [0.3, 0.4) is 0 Å². The van der Waals surface area contributed by atoms with E-state index in [1.54, 1.807) is 24.4 Å². The predicted molar refractivity (Wildman–Crippen MR) is 117 cm³/mol. The molecule has 31 heavy (non-hydrogen) atoms. The first kappa shape index (κ1) is 21.4. The normalized spacial score (nSPS) is 17.6. The predicted octanol–water partition coefficient (Wildman–Crippen LogP) is 4.52. The standard InChI is InChI=1S/C22H23FN4O3S/c1-13(28)25-18-10-15(8-9-24-18)20-19(14-4-6-16(23)7-5-14)26-21(31)27(20)11-17-12-29-22(2,3)30-17/h4-10,17H,11-12H2,1-3H3,(H,26,31)(H,24,25,28). The zero-order chi connectivity index (χ0) is 22.2. The fraction of sp³-hybridized carbons (Fsp3) is 0.318. The Morgan fingerprint density at radius 3 is 2.71 bits per heavy atom. The summed E-state index contributed by atoms with van der Waals surface area (Å²) in [6.45, 7) is 6.08. The summed E-state index contributed by atoms with van der Waals surface area (Å²) in [4.78, 5) is 19.0. The maximum atomic E-state index is 13.5. The Kier molecular flexibility index (Phi) is 5.74. The summed E-state index contributed by atoms with van der Waals surface area (Å²) in [6, 6.07) is 9.80. The molecular weight excluding hydrogens is 419 g/mol. The Morgan fingerprint density at radius 2 is 2.06 bits per heavy atom. The van der Waals surface area contributed by atoms with Gasteiger partial charge in [-0.15, -0.1) is 0 Å². The average Bonchev–Trinajstić information content (AvgIpc) is 3.21. The number of carbonyl (C=O) groups excluding carboxylic acids is 1. The Balaban J connectivity index is 1.83. The minimum Gasteiger partial charge on any atom is -0.348 e. The number of nitrogens with zero attached hydrogens (tertiary/aromatic N) is 2. The number of aromatic amines is 1. The third kappa shape index (κ3) is 4.73. The van der Waals surface area contributed by atoms with Gasteiger partial charge in [0.25, 0.3) is 0 Å². The number of imidazole rings is 1. The largest absolute Gasteiger partial charge is 0.348 e. The molecule has 3 heterocycles. The average molecular weight is 443 g/mol. The van der Waals surface area contributed by atoms with Gasteiger partial charge in [0.05, 0.1) is 24.5 Å². The number of ether oxygens (including phenoxy) is 2. The van der Waals surface area contributed by atoms with Crippen LogP contribution < -0.4 is 5.32 Å². The van der Waals surface area contributed by atoms with Crippen LogP contribution in [0.5, 0.6) is 0 Å². The van der Waals surface area contributed by atoms with E-state index in [0.29, 0.717) is 23.7 Å². The highest BCUT2D eigenvalue weighted by molar-refractivity contribution is 7.71. The molecule has 1 aliphatic heterocycles. The number of hydrogen-bond donors (Lipinski definition) is 2. The number of nitrogens with one attached hydrogen (secondary N) is 2. The molecule has 0 radical (unpaired) electrons. The number of rotatable bonds is 5. The molecule has 2 N–H and O–H groups in total. The number of anilines is 1. The van der Waals surface area contributed by atoms with Crippen molar-refractivity contribution in [2.45, 2.75) is 39.2 Å². The molecule has 1 atom stereocenters. The molecule has 0 spiro atoms. The second-order valence-corrected chi connectivity index (χ2v) is 8.22. The van der Waals surface area contributed by atoms with Gasteiger partial charge in [0, 0.05) is 24.2 Å². The van der Waals surface area contributed by atoms with E-state index in [4.69, 9.17) is 21.7 Å². The molecule has 2 aromatic heterocycles. The van der Waals surface area contributed by atoms with Crippen LogP contribution >= 0.6 is 12.2 Å². The monoisotopic (exact) mass is 442 g/mol. The van der Waals surface area contributed by atoms with Gasteiger partial charge in [0.15, 0.2) is 10.6 Å². The molecule has 0 saturated carbocycles. The summed E-state index contributed by atoms with van der Waals surface area (Å²) in [5, 5.41) is 2.70. The van der Waals surface area contributed by atoms with Gasteiger partial charge in [-0.3, -0.25) is 4.79 Å². The highest BCUT2D eigenvalue weighted by Gasteiger charge is 2.33. The molecular formula is C22H23FN4O3S. The van der Waals surface area contributed by atoms with Crippen LogP contribution in [0.25, 0.3) is 22.5 Å². The van der Waals surface area contributed by atoms with Crippen molar-refractivity contribution in [3.8, 4) is 22.5 Å². The second kappa shape index (κ2) is 8.33. The van der Waals surface area contributed by atoms with E-state index in [1.165, 1.54) is 19.1 Å². The number of hydrogen-bond acceptors (Lipinski definition) is 5. The van der Waals surface area contributed by atoms with Crippen LogP contribution in [-0.4, -0.2) is 38.9 Å². The lowest BCUT2D eigenvalue weighted by Gasteiger charge is -2.18. The van der Waals surface area contributed by atoms with Gasteiger partial charge in [-0.05, 0) is 62.5 Å². The number of aromatic nitrogens is 3. The molecule has 1 amide bonds. The van der Waals surface area contributed by atoms with E-state index < -0.39 is 5.79 Å². The molecule has 0 bridgehead atoms. The van der Waals surface area contributed by atoms with Crippen molar-refractivity contribution in [3.05, 3.63) is 53.2 Å². The van der Waals surface area contributed by atoms with Crippen LogP contribution in [-0.2, 0) is 20.8 Å². The van der Waals surface area contributed by atoms with Crippen LogP contribution in [0.2, 0.25) is 0 Å². The first-order valence-corrected chi connectivity index (χ1v) is 10.3. The molecule has 9 heteroatoms. The summed E-state index contributed by atoms with van der Waals surface area (Å²) < 4.78 is 27.6. The lowest BCUT2D eigenvalue weighted by atomic mass is 10.1. The maximum Gasteiger partial charge on any atom is 0.222 e. The summed E-state index contributed by atoms with van der Waals surface area (Å²) in [7, 11) is 0. The van der Waals surface area contributed by atoms with Crippen molar-refractivity contribution < 1.29 is 18.7 Å². The Bertz CT molecular complexity index is 1170. The molecule has 1 aliphatic rings. The molecule has 4 rings (SSSR count). The van der Waals surface area contributed by atoms with Gasteiger partial charge in [0.1, 0.15) is 17.7 Å². The van der Waals surface area contributed by atoms with E-state index in [-0.39, 0.29) is 17.8 Å². The molecule has 1 aromatic carbocycles. The SMILES string of the molecule is CC(=O)Nc1cc(-c2c(-c3ccc(F)cc3)[nH]c(=S)n2CC2COC(C)(C)O2)ccn1. The summed E-state index contributed by atoms with van der Waals surface area (Å²) in [5.41, 5.74) is 3.11. The third-order valence-electron chi connectivity index (χ3n) is 4.91. The van der Waals surface area contributed by atoms with E-state index in [2.05, 4.69) is 15.3 Å². The van der Waals surface area contributed by atoms with Gasteiger partial charge in [-0.25, -0.2) is 9.37 Å². The lowest BCUT2D eigenvalue weighted by Crippen LogP contribution is -2.24. The fourth-order valence-electron chi connectivity index (χ4n) is 3.65. The van der Waals surface area contributed by atoms with Crippen LogP contribution in [0.1, 0.15) is 20.8 Å². The first-order valence-electron chi connectivity index (χ1n) is 9.86. The number of H-pyrrole nitrogens is 1. The zero-order valence-electron chi connectivity index (χ0n) is 17.4. The van der Waals surface area contributed by atoms with Crippen LogP contribution in [0, 0.1) is 10.6 Å². The number of carbonyl (C=O) groups is 1. The molecule has 0 aliphatic carbocycles. The zero-order valence-corrected chi connectivity index (χ0v) is 18.3. The van der Waals surface area contributed by atoms with Crippen molar-refractivity contribution in [1.82, 2.24) is 14.5 Å². The van der Waals surface area contributed by atoms with Crippen LogP contribution in [0.15, 0.2) is 42.6 Å². The quantitative estimate of drug-likeness (QED) is 0.568. The van der Waals surface area contributed by atoms with E-state index in [1.807, 2.05) is 24.5 Å². The fourth-order valence-corrected chi connectivity index (χ4v) is 3.92. The number of halogens is 1. The summed E-state index contributed by atoms with van der Waals surface area (Å²) >= 11 is 5.63. The van der Waals surface area contributed by atoms with Gasteiger partial charge < -0.3 is 24.3 Å². The molecule has 7 nitrogen and oxygen atoms in total. The lowest BCUT2D eigenvalue weighted by molar-refractivity contribution is -0.139. The van der Waals surface area contributed by atoms with Crippen LogP contribution in [0.4, 0.5) is 10.2 Å². The smallest absolute Gasteiger partial charge is 0.222 e. The molecule has 1 unspecified atom stereocenters. The van der Waals surface area contributed by atoms with Crippen molar-refractivity contribution in [1.29, 1.82) is 0 Å². The molecule has 1 saturated heterocycles. The molecule has 3 aromatic rings. The minimum absolute atomic E-state index is 0.186. The topological polar surface area (TPSA) is 81.2 Å². The maximum absolute atomic E-state index is 13.5. The highest BCUT2D eigenvalue weighted by atomic mass is 32.1. The van der Waals surface area contributed by atoms with Gasteiger partial charge in [-0.2, -0.15) is 0 Å². The van der Waals surface area contributed by atoms with E-state index in [9.17, 15) is 9.18 Å². The van der Waals surface area contributed by atoms with E-state index in [0.717, 1.165) is 22.5 Å². The second-order valence-electron chi connectivity index (χ2n) is 7.83. The van der Waals surface area contributed by atoms with Crippen molar-refractivity contribution in [2.75, 3.05) is 11.9 Å². The molecule has 1 fully saturated rings. The third-order valence-corrected chi connectivity index (χ3v) is 5.23. The Morgan fingerprint density at radius 1 is 1.32 bits per heavy atom. The first-order chi connectivity index (χ1) is 14.7. The highest BCUT2D eigenvalue weighted by Crippen LogP contribution is 2.34. The summed E-state index contributed by atoms with van der Waals surface area (Å²) in [5.74, 6) is -0.763. The number of amides is 1. The number of pyridine rings is 1. The van der Waals surface area contributed by atoms with Crippen molar-refractivity contribution in [3.63, 3.8) is 0 Å². The van der Waals surface area contributed by atoms with Gasteiger partial charge in [0.2, 0.25) is 5.91 Å². The number of benzene rings is 1. The Hall–Kier alpha value is -2.88. The van der Waals surface area contributed by atoms with Crippen molar-refractivity contribution >= 4 is 23.9 Å². The van der Waals surface area contributed by atoms with Gasteiger partial charge >= 0.3 is 0 Å². The minimum atomic E-state index is -0.654. The van der Waals surface area contributed by atoms with Crippen molar-refractivity contribution in [2.24, 2.45) is 0 Å². The van der Waals surface area contributed by atoms with Gasteiger partial charge in [-0.1, -0.05) is 0 Å².